The van der Waals surface area contributed by atoms with Crippen molar-refractivity contribution < 1.29 is 23.9 Å². The van der Waals surface area contributed by atoms with Gasteiger partial charge in [-0.15, -0.1) is 0 Å². The Kier molecular flexibility index (Phi) is 7.43. The Balaban J connectivity index is 1.44. The maximum Gasteiger partial charge on any atom is 0.331 e. The van der Waals surface area contributed by atoms with Gasteiger partial charge in [0.2, 0.25) is 0 Å². The molecular formula is C23H26N2O5. The number of carbonyl (C=O) groups excluding carboxylic acids is 3. The van der Waals surface area contributed by atoms with Crippen LogP contribution in [0.5, 0.6) is 5.75 Å². The summed E-state index contributed by atoms with van der Waals surface area (Å²) in [6, 6.07) is 11.0. The first-order valence-electron chi connectivity index (χ1n) is 10.1. The highest BCUT2D eigenvalue weighted by atomic mass is 16.5. The zero-order valence-electron chi connectivity index (χ0n) is 17.0. The molecule has 0 aromatic heterocycles. The number of imide groups is 1. The summed E-state index contributed by atoms with van der Waals surface area (Å²) < 4.78 is 10.1. The molecule has 1 aliphatic rings. The van der Waals surface area contributed by atoms with Crippen molar-refractivity contribution in [3.05, 3.63) is 48.0 Å². The van der Waals surface area contributed by atoms with Crippen molar-refractivity contribution in [1.82, 2.24) is 10.6 Å². The molecule has 0 radical (unpaired) electrons. The summed E-state index contributed by atoms with van der Waals surface area (Å²) in [6.45, 7) is -0.515. The number of hydrogen-bond donors (Lipinski definition) is 2. The lowest BCUT2D eigenvalue weighted by Gasteiger charge is -2.22. The van der Waals surface area contributed by atoms with Gasteiger partial charge in [0.1, 0.15) is 5.75 Å². The third-order valence-electron chi connectivity index (χ3n) is 5.02. The van der Waals surface area contributed by atoms with Crippen LogP contribution in [0.1, 0.15) is 37.7 Å². The molecule has 1 fully saturated rings. The predicted molar refractivity (Wildman–Crippen MR) is 114 cm³/mol. The Bertz CT molecular complexity index is 948. The minimum Gasteiger partial charge on any atom is -0.497 e. The maximum absolute atomic E-state index is 11.9. The molecule has 2 aromatic carbocycles. The van der Waals surface area contributed by atoms with Gasteiger partial charge in [0.25, 0.3) is 5.91 Å². The number of urea groups is 1. The van der Waals surface area contributed by atoms with Crippen LogP contribution in [0.3, 0.4) is 0 Å². The van der Waals surface area contributed by atoms with Gasteiger partial charge >= 0.3 is 12.0 Å². The molecule has 2 N–H and O–H groups in total. The number of rotatable bonds is 6. The summed E-state index contributed by atoms with van der Waals surface area (Å²) >= 11 is 0. The summed E-state index contributed by atoms with van der Waals surface area (Å²) in [5.41, 5.74) is 0.820. The SMILES string of the molecule is COc1ccc2cc(/C=C/C(=O)OCC(=O)NC(=O)NC3CCCCC3)ccc2c1. The van der Waals surface area contributed by atoms with Gasteiger partial charge < -0.3 is 14.8 Å². The molecule has 158 valence electrons. The second kappa shape index (κ2) is 10.4. The van der Waals surface area contributed by atoms with E-state index in [-0.39, 0.29) is 6.04 Å². The van der Waals surface area contributed by atoms with Crippen LogP contribution >= 0.6 is 0 Å². The van der Waals surface area contributed by atoms with Crippen LogP contribution in [-0.4, -0.2) is 37.7 Å². The molecular weight excluding hydrogens is 384 g/mol. The van der Waals surface area contributed by atoms with Gasteiger partial charge in [-0.25, -0.2) is 9.59 Å². The van der Waals surface area contributed by atoms with Crippen molar-refractivity contribution in [2.24, 2.45) is 0 Å². The highest BCUT2D eigenvalue weighted by Gasteiger charge is 2.17. The average molecular weight is 410 g/mol. The van der Waals surface area contributed by atoms with Crippen molar-refractivity contribution in [3.63, 3.8) is 0 Å². The zero-order chi connectivity index (χ0) is 21.3. The van der Waals surface area contributed by atoms with E-state index in [9.17, 15) is 14.4 Å². The quantitative estimate of drug-likeness (QED) is 0.561. The number of carbonyl (C=O) groups is 3. The number of amides is 3. The highest BCUT2D eigenvalue weighted by Crippen LogP contribution is 2.22. The molecule has 3 rings (SSSR count). The van der Waals surface area contributed by atoms with Crippen LogP contribution in [-0.2, 0) is 14.3 Å². The largest absolute Gasteiger partial charge is 0.497 e. The van der Waals surface area contributed by atoms with Crippen molar-refractivity contribution >= 4 is 34.8 Å². The lowest BCUT2D eigenvalue weighted by molar-refractivity contribution is -0.143. The maximum atomic E-state index is 11.9. The van der Waals surface area contributed by atoms with E-state index in [4.69, 9.17) is 9.47 Å². The van der Waals surface area contributed by atoms with Crippen LogP contribution in [0.25, 0.3) is 16.8 Å². The molecule has 7 heteroatoms. The third kappa shape index (κ3) is 6.34. The summed E-state index contributed by atoms with van der Waals surface area (Å²) in [5.74, 6) is -0.544. The number of benzene rings is 2. The fraction of sp³-hybridized carbons (Fsp3) is 0.348. The molecule has 0 saturated heterocycles. The summed E-state index contributed by atoms with van der Waals surface area (Å²) in [6.07, 6.45) is 8.03. The third-order valence-corrected chi connectivity index (χ3v) is 5.02. The Morgan fingerprint density at radius 2 is 1.77 bits per heavy atom. The second-order valence-corrected chi connectivity index (χ2v) is 7.27. The van der Waals surface area contributed by atoms with Gasteiger partial charge in [-0.3, -0.25) is 10.1 Å². The van der Waals surface area contributed by atoms with Gasteiger partial charge in [-0.1, -0.05) is 37.5 Å². The van der Waals surface area contributed by atoms with E-state index < -0.39 is 24.5 Å². The lowest BCUT2D eigenvalue weighted by Crippen LogP contribution is -2.46. The van der Waals surface area contributed by atoms with Crippen molar-refractivity contribution in [1.29, 1.82) is 0 Å². The number of nitrogens with one attached hydrogen (secondary N) is 2. The van der Waals surface area contributed by atoms with E-state index >= 15 is 0 Å². The van der Waals surface area contributed by atoms with Crippen LogP contribution < -0.4 is 15.4 Å². The topological polar surface area (TPSA) is 93.7 Å². The van der Waals surface area contributed by atoms with Gasteiger partial charge in [-0.05, 0) is 53.5 Å². The first-order valence-corrected chi connectivity index (χ1v) is 10.1. The summed E-state index contributed by atoms with van der Waals surface area (Å²) in [7, 11) is 1.62. The highest BCUT2D eigenvalue weighted by molar-refractivity contribution is 5.96. The lowest BCUT2D eigenvalue weighted by atomic mass is 9.96. The van der Waals surface area contributed by atoms with Gasteiger partial charge in [-0.2, -0.15) is 0 Å². The number of hydrogen-bond acceptors (Lipinski definition) is 5. The van der Waals surface area contributed by atoms with Gasteiger partial charge in [0.15, 0.2) is 6.61 Å². The average Bonchev–Trinajstić information content (AvgIpc) is 2.76. The first-order chi connectivity index (χ1) is 14.5. The monoisotopic (exact) mass is 410 g/mol. The molecule has 0 bridgehead atoms. The van der Waals surface area contributed by atoms with E-state index in [1.807, 2.05) is 36.4 Å². The minimum atomic E-state index is -0.662. The van der Waals surface area contributed by atoms with E-state index in [1.165, 1.54) is 12.5 Å². The van der Waals surface area contributed by atoms with Gasteiger partial charge in [0, 0.05) is 12.1 Å². The molecule has 0 heterocycles. The molecule has 0 aliphatic heterocycles. The number of esters is 1. The van der Waals surface area contributed by atoms with Crippen LogP contribution in [0.15, 0.2) is 42.5 Å². The van der Waals surface area contributed by atoms with Gasteiger partial charge in [0.05, 0.1) is 7.11 Å². The molecule has 30 heavy (non-hydrogen) atoms. The first kappa shape index (κ1) is 21.4. The molecule has 2 aromatic rings. The summed E-state index contributed by atoms with van der Waals surface area (Å²) in [5, 5.41) is 6.99. The van der Waals surface area contributed by atoms with E-state index in [1.54, 1.807) is 13.2 Å². The normalized spacial score (nSPS) is 14.4. The Morgan fingerprint density at radius 3 is 2.53 bits per heavy atom. The number of ether oxygens (including phenoxy) is 2. The Hall–Kier alpha value is -3.35. The zero-order valence-corrected chi connectivity index (χ0v) is 17.0. The van der Waals surface area contributed by atoms with Crippen LogP contribution in [0.2, 0.25) is 0 Å². The van der Waals surface area contributed by atoms with E-state index in [0.717, 1.165) is 47.8 Å². The van der Waals surface area contributed by atoms with E-state index in [0.29, 0.717) is 0 Å². The molecule has 0 spiro atoms. The fourth-order valence-corrected chi connectivity index (χ4v) is 3.45. The molecule has 1 aliphatic carbocycles. The van der Waals surface area contributed by atoms with Crippen molar-refractivity contribution in [2.45, 2.75) is 38.1 Å². The molecule has 0 unspecified atom stereocenters. The fourth-order valence-electron chi connectivity index (χ4n) is 3.45. The van der Waals surface area contributed by atoms with Crippen molar-refractivity contribution in [3.8, 4) is 5.75 Å². The molecule has 1 saturated carbocycles. The number of fused-ring (bicyclic) bond motifs is 1. The standard InChI is InChI=1S/C23H26N2O5/c1-29-20-11-10-17-13-16(7-9-18(17)14-20)8-12-22(27)30-15-21(26)25-23(28)24-19-5-3-2-4-6-19/h7-14,19H,2-6,15H2,1H3,(H2,24,25,26,28)/b12-8+. The molecule has 3 amide bonds. The predicted octanol–water partition coefficient (Wildman–Crippen LogP) is 3.56. The van der Waals surface area contributed by atoms with Crippen LogP contribution in [0, 0.1) is 0 Å². The van der Waals surface area contributed by atoms with Crippen molar-refractivity contribution in [2.75, 3.05) is 13.7 Å². The second-order valence-electron chi connectivity index (χ2n) is 7.27. The molecule has 7 nitrogen and oxygen atoms in total. The minimum absolute atomic E-state index is 0.0973. The number of methoxy groups -OCH3 is 1. The Morgan fingerprint density at radius 1 is 1.03 bits per heavy atom. The Labute approximate surface area is 175 Å². The van der Waals surface area contributed by atoms with E-state index in [2.05, 4.69) is 10.6 Å². The van der Waals surface area contributed by atoms with Crippen LogP contribution in [0.4, 0.5) is 4.79 Å². The molecule has 0 atom stereocenters. The summed E-state index contributed by atoms with van der Waals surface area (Å²) in [4.78, 5) is 35.5. The smallest absolute Gasteiger partial charge is 0.331 e.